The molecule has 0 radical (unpaired) electrons. The zero-order chi connectivity index (χ0) is 31.8. The van der Waals surface area contributed by atoms with Gasteiger partial charge in [0.25, 0.3) is 5.69 Å². The van der Waals surface area contributed by atoms with Gasteiger partial charge in [0, 0.05) is 60.5 Å². The minimum Gasteiger partial charge on any atom is -0.452 e. The molecule has 1 aliphatic carbocycles. The lowest BCUT2D eigenvalue weighted by Crippen LogP contribution is -2.58. The molecular formula is C33H37ClN6O5. The molecule has 3 aromatic rings. The van der Waals surface area contributed by atoms with Crippen LogP contribution in [0.3, 0.4) is 0 Å². The highest BCUT2D eigenvalue weighted by Gasteiger charge is 2.46. The van der Waals surface area contributed by atoms with E-state index in [0.29, 0.717) is 36.8 Å². The van der Waals surface area contributed by atoms with Crippen LogP contribution in [0.1, 0.15) is 85.2 Å². The van der Waals surface area contributed by atoms with Crippen molar-refractivity contribution in [1.82, 2.24) is 20.2 Å². The van der Waals surface area contributed by atoms with Crippen LogP contribution in [-0.2, 0) is 9.53 Å². The molecule has 5 atom stereocenters. The van der Waals surface area contributed by atoms with Gasteiger partial charge >= 0.3 is 5.97 Å². The smallest absolute Gasteiger partial charge is 0.338 e. The van der Waals surface area contributed by atoms with Gasteiger partial charge in [0.2, 0.25) is 5.91 Å². The molecule has 2 fully saturated rings. The highest BCUT2D eigenvalue weighted by molar-refractivity contribution is 6.30. The number of amides is 1. The maximum absolute atomic E-state index is 14.2. The normalized spacial score (nSPS) is 22.8. The second kappa shape index (κ2) is 12.7. The SMILES string of the molecule is CC(C)NCC(C(=O)N1[C@@H]2CC[C@H]1CN(c1ncnc3c1C(C)CC3OC(=O)c1ccc([N+](=O)[O-])cc1)C2)c1ccc(Cl)cc1. The zero-order valence-corrected chi connectivity index (χ0v) is 26.3. The van der Waals surface area contributed by atoms with Crippen LogP contribution in [0, 0.1) is 10.1 Å². The number of carbonyl (C=O) groups is 2. The molecule has 45 heavy (non-hydrogen) atoms. The Hall–Kier alpha value is -4.09. The van der Waals surface area contributed by atoms with Crippen molar-refractivity contribution in [3.8, 4) is 0 Å². The van der Waals surface area contributed by atoms with Crippen molar-refractivity contribution in [2.24, 2.45) is 0 Å². The first-order valence-corrected chi connectivity index (χ1v) is 15.8. The van der Waals surface area contributed by atoms with Gasteiger partial charge in [-0.25, -0.2) is 14.8 Å². The van der Waals surface area contributed by atoms with E-state index in [-0.39, 0.29) is 47.1 Å². The summed E-state index contributed by atoms with van der Waals surface area (Å²) in [6.07, 6.45) is 3.39. The first kappa shape index (κ1) is 30.9. The van der Waals surface area contributed by atoms with Crippen LogP contribution < -0.4 is 10.2 Å². The molecule has 2 bridgehead atoms. The van der Waals surface area contributed by atoms with E-state index in [1.54, 1.807) is 0 Å². The van der Waals surface area contributed by atoms with Gasteiger partial charge in [-0.05, 0) is 55.0 Å². The Balaban J connectivity index is 1.19. The fourth-order valence-electron chi connectivity index (χ4n) is 6.96. The molecule has 2 saturated heterocycles. The third-order valence-corrected chi connectivity index (χ3v) is 9.41. The summed E-state index contributed by atoms with van der Waals surface area (Å²) in [7, 11) is 0. The highest BCUT2D eigenvalue weighted by Crippen LogP contribution is 2.46. The predicted octanol–water partition coefficient (Wildman–Crippen LogP) is 5.40. The maximum Gasteiger partial charge on any atom is 0.338 e. The number of rotatable bonds is 9. The van der Waals surface area contributed by atoms with Gasteiger partial charge < -0.3 is 19.9 Å². The number of esters is 1. The molecule has 2 aliphatic heterocycles. The van der Waals surface area contributed by atoms with E-state index in [1.807, 2.05) is 24.3 Å². The molecule has 11 nitrogen and oxygen atoms in total. The number of anilines is 1. The number of non-ortho nitro benzene ring substituents is 1. The zero-order valence-electron chi connectivity index (χ0n) is 25.6. The van der Waals surface area contributed by atoms with E-state index in [0.717, 1.165) is 29.8 Å². The van der Waals surface area contributed by atoms with E-state index >= 15 is 0 Å². The molecule has 3 aliphatic rings. The molecule has 2 aromatic carbocycles. The molecule has 12 heteroatoms. The minimum absolute atomic E-state index is 0.0552. The van der Waals surface area contributed by atoms with Crippen molar-refractivity contribution in [2.45, 2.75) is 76.1 Å². The van der Waals surface area contributed by atoms with Gasteiger partial charge in [-0.1, -0.05) is 44.5 Å². The van der Waals surface area contributed by atoms with Crippen molar-refractivity contribution >= 4 is 35.0 Å². The van der Waals surface area contributed by atoms with Crippen molar-refractivity contribution < 1.29 is 19.2 Å². The lowest BCUT2D eigenvalue weighted by molar-refractivity contribution is -0.384. The Morgan fingerprint density at radius 3 is 2.36 bits per heavy atom. The fourth-order valence-corrected chi connectivity index (χ4v) is 7.09. The number of carbonyl (C=O) groups excluding carboxylic acids is 2. The molecular weight excluding hydrogens is 596 g/mol. The topological polar surface area (TPSA) is 131 Å². The van der Waals surface area contributed by atoms with Crippen LogP contribution >= 0.6 is 11.6 Å². The molecule has 236 valence electrons. The van der Waals surface area contributed by atoms with Gasteiger partial charge in [0.05, 0.1) is 22.1 Å². The summed E-state index contributed by atoms with van der Waals surface area (Å²) in [4.78, 5) is 51.2. The van der Waals surface area contributed by atoms with Crippen molar-refractivity contribution in [3.63, 3.8) is 0 Å². The van der Waals surface area contributed by atoms with Gasteiger partial charge in [-0.15, -0.1) is 0 Å². The summed E-state index contributed by atoms with van der Waals surface area (Å²) < 4.78 is 5.87. The Labute approximate surface area is 267 Å². The Kier molecular flexibility index (Phi) is 8.74. The number of nitro groups is 1. The second-order valence-corrected chi connectivity index (χ2v) is 13.0. The molecule has 6 rings (SSSR count). The van der Waals surface area contributed by atoms with Crippen LogP contribution in [0.15, 0.2) is 54.9 Å². The summed E-state index contributed by atoms with van der Waals surface area (Å²) in [5.74, 6) is 0.161. The summed E-state index contributed by atoms with van der Waals surface area (Å²) in [5.41, 5.74) is 2.77. The molecule has 3 heterocycles. The first-order chi connectivity index (χ1) is 21.6. The molecule has 0 saturated carbocycles. The average molecular weight is 633 g/mol. The van der Waals surface area contributed by atoms with E-state index in [9.17, 15) is 19.7 Å². The van der Waals surface area contributed by atoms with E-state index in [1.165, 1.54) is 30.6 Å². The number of ether oxygens (including phenoxy) is 1. The lowest BCUT2D eigenvalue weighted by atomic mass is 9.95. The Morgan fingerprint density at radius 1 is 1.07 bits per heavy atom. The Morgan fingerprint density at radius 2 is 1.73 bits per heavy atom. The third kappa shape index (κ3) is 6.24. The van der Waals surface area contributed by atoms with Crippen LogP contribution in [0.5, 0.6) is 0 Å². The van der Waals surface area contributed by atoms with Crippen molar-refractivity contribution in [3.05, 3.63) is 92.4 Å². The fraction of sp³-hybridized carbons (Fsp3) is 0.455. The van der Waals surface area contributed by atoms with Crippen LogP contribution in [0.4, 0.5) is 11.5 Å². The van der Waals surface area contributed by atoms with E-state index < -0.39 is 17.0 Å². The van der Waals surface area contributed by atoms with Crippen LogP contribution in [0.25, 0.3) is 0 Å². The highest BCUT2D eigenvalue weighted by atomic mass is 35.5. The third-order valence-electron chi connectivity index (χ3n) is 9.16. The number of fused-ring (bicyclic) bond motifs is 3. The summed E-state index contributed by atoms with van der Waals surface area (Å²) in [6, 6.07) is 13.3. The molecule has 1 aromatic heterocycles. The first-order valence-electron chi connectivity index (χ1n) is 15.5. The summed E-state index contributed by atoms with van der Waals surface area (Å²) in [5, 5.41) is 15.1. The monoisotopic (exact) mass is 632 g/mol. The molecule has 0 spiro atoms. The molecule has 1 amide bonds. The molecule has 1 N–H and O–H groups in total. The minimum atomic E-state index is -0.553. The number of nitro benzene ring substituents is 1. The predicted molar refractivity (Wildman–Crippen MR) is 170 cm³/mol. The summed E-state index contributed by atoms with van der Waals surface area (Å²) in [6.45, 7) is 8.11. The number of hydrogen-bond acceptors (Lipinski definition) is 9. The van der Waals surface area contributed by atoms with Crippen LogP contribution in [-0.4, -0.2) is 69.4 Å². The number of piperazine rings is 1. The largest absolute Gasteiger partial charge is 0.452 e. The number of aromatic nitrogens is 2. The van der Waals surface area contributed by atoms with Gasteiger partial charge in [0.15, 0.2) is 0 Å². The molecule has 3 unspecified atom stereocenters. The van der Waals surface area contributed by atoms with Gasteiger partial charge in [0.1, 0.15) is 18.2 Å². The standard InChI is InChI=1S/C33H37ClN6O5/c1-19(2)35-15-27(21-4-8-23(34)9-5-21)32(41)39-25-12-13-26(39)17-38(16-25)31-29-20(3)14-28(30(29)36-18-37-31)45-33(42)22-6-10-24(11-7-22)40(43)44/h4-11,18-20,25-28,35H,12-17H2,1-3H3/t20?,25-,26+,27?,28?. The number of nitrogens with zero attached hydrogens (tertiary/aromatic N) is 5. The number of benzene rings is 2. The van der Waals surface area contributed by atoms with E-state index in [4.69, 9.17) is 21.3 Å². The quantitative estimate of drug-likeness (QED) is 0.187. The maximum atomic E-state index is 14.2. The number of hydrogen-bond donors (Lipinski definition) is 1. The van der Waals surface area contributed by atoms with Gasteiger partial charge in [-0.3, -0.25) is 14.9 Å². The van der Waals surface area contributed by atoms with E-state index in [2.05, 4.69) is 40.9 Å². The Bertz CT molecular complexity index is 1570. The van der Waals surface area contributed by atoms with Crippen LogP contribution in [0.2, 0.25) is 5.02 Å². The number of nitrogens with one attached hydrogen (secondary N) is 1. The average Bonchev–Trinajstić information content (AvgIpc) is 3.48. The summed E-state index contributed by atoms with van der Waals surface area (Å²) >= 11 is 6.16. The van der Waals surface area contributed by atoms with Crippen molar-refractivity contribution in [1.29, 1.82) is 0 Å². The number of halogens is 1. The lowest BCUT2D eigenvalue weighted by Gasteiger charge is -2.43. The van der Waals surface area contributed by atoms with Crippen molar-refractivity contribution in [2.75, 3.05) is 24.5 Å². The van der Waals surface area contributed by atoms with Gasteiger partial charge in [-0.2, -0.15) is 0 Å². The second-order valence-electron chi connectivity index (χ2n) is 12.5.